The van der Waals surface area contributed by atoms with Gasteiger partial charge in [-0.05, 0) is 43.1 Å². The minimum Gasteiger partial charge on any atom is -0.478 e. The summed E-state index contributed by atoms with van der Waals surface area (Å²) in [5, 5.41) is 12.2. The number of nitrogens with one attached hydrogen (secondary N) is 1. The summed E-state index contributed by atoms with van der Waals surface area (Å²) in [4.78, 5) is 0. The van der Waals surface area contributed by atoms with Crippen LogP contribution in [0.15, 0.2) is 24.3 Å². The van der Waals surface area contributed by atoms with Gasteiger partial charge in [0, 0.05) is 18.7 Å². The Bertz CT molecular complexity index is 484. The quantitative estimate of drug-likeness (QED) is 0.816. The van der Waals surface area contributed by atoms with Gasteiger partial charge in [-0.15, -0.1) is 0 Å². The molecule has 2 aliphatic rings. The van der Waals surface area contributed by atoms with Crippen molar-refractivity contribution in [2.24, 2.45) is 11.3 Å². The summed E-state index contributed by atoms with van der Waals surface area (Å²) < 4.78 is 5.44. The molecule has 0 unspecified atom stereocenters. The largest absolute Gasteiger partial charge is 0.478 e. The van der Waals surface area contributed by atoms with Gasteiger partial charge >= 0.3 is 0 Å². The van der Waals surface area contributed by atoms with E-state index in [2.05, 4.69) is 11.4 Å². The molecule has 100 valence electrons. The highest BCUT2D eigenvalue weighted by Gasteiger charge is 2.53. The molecule has 0 radical (unpaired) electrons. The third kappa shape index (κ3) is 2.90. The number of nitrogens with zero attached hydrogens (tertiary/aromatic N) is 1. The van der Waals surface area contributed by atoms with Crippen molar-refractivity contribution in [3.05, 3.63) is 29.8 Å². The smallest absolute Gasteiger partial charge is 0.174 e. The van der Waals surface area contributed by atoms with Crippen molar-refractivity contribution >= 4 is 0 Å². The Balaban J connectivity index is 1.53. The molecule has 3 rings (SSSR count). The Kier molecular flexibility index (Phi) is 3.44. The molecule has 1 N–H and O–H groups in total. The molecule has 0 aromatic heterocycles. The second-order valence-corrected chi connectivity index (χ2v) is 5.79. The Hall–Kier alpha value is -1.53. The van der Waals surface area contributed by atoms with E-state index in [4.69, 9.17) is 10.00 Å². The SMILES string of the molecule is N#CCOc1ccccc1CNCC1(C2CC2)CC1. The van der Waals surface area contributed by atoms with E-state index in [9.17, 15) is 0 Å². The topological polar surface area (TPSA) is 45.0 Å². The maximum Gasteiger partial charge on any atom is 0.174 e. The van der Waals surface area contributed by atoms with Crippen LogP contribution in [0.25, 0.3) is 0 Å². The first kappa shape index (κ1) is 12.5. The highest BCUT2D eigenvalue weighted by Crippen LogP contribution is 2.60. The molecule has 1 aromatic rings. The molecule has 0 saturated heterocycles. The lowest BCUT2D eigenvalue weighted by atomic mass is 10.0. The summed E-state index contributed by atoms with van der Waals surface area (Å²) in [7, 11) is 0. The minimum absolute atomic E-state index is 0.114. The first-order valence-corrected chi connectivity index (χ1v) is 7.12. The number of benzene rings is 1. The summed E-state index contributed by atoms with van der Waals surface area (Å²) >= 11 is 0. The molecule has 0 amide bonds. The van der Waals surface area contributed by atoms with Gasteiger partial charge in [-0.1, -0.05) is 18.2 Å². The molecule has 0 atom stereocenters. The van der Waals surface area contributed by atoms with Crippen LogP contribution in [-0.4, -0.2) is 13.2 Å². The van der Waals surface area contributed by atoms with Crippen LogP contribution in [0.4, 0.5) is 0 Å². The van der Waals surface area contributed by atoms with Crippen LogP contribution < -0.4 is 10.1 Å². The number of para-hydroxylation sites is 1. The third-order valence-corrected chi connectivity index (χ3v) is 4.39. The predicted octanol–water partition coefficient (Wildman–Crippen LogP) is 2.87. The molecule has 2 aliphatic carbocycles. The molecule has 2 fully saturated rings. The molecule has 19 heavy (non-hydrogen) atoms. The zero-order valence-electron chi connectivity index (χ0n) is 11.2. The van der Waals surface area contributed by atoms with Crippen LogP contribution >= 0.6 is 0 Å². The first-order valence-electron chi connectivity index (χ1n) is 7.12. The van der Waals surface area contributed by atoms with Gasteiger partial charge in [-0.25, -0.2) is 0 Å². The molecule has 1 aromatic carbocycles. The molecule has 0 heterocycles. The molecular formula is C16H20N2O. The highest BCUT2D eigenvalue weighted by atomic mass is 16.5. The molecule has 3 heteroatoms. The summed E-state index contributed by atoms with van der Waals surface area (Å²) in [6.45, 7) is 2.07. The first-order chi connectivity index (χ1) is 9.34. The summed E-state index contributed by atoms with van der Waals surface area (Å²) in [5.74, 6) is 1.82. The Morgan fingerprint density at radius 3 is 2.79 bits per heavy atom. The monoisotopic (exact) mass is 256 g/mol. The Morgan fingerprint density at radius 2 is 2.11 bits per heavy atom. The molecule has 0 spiro atoms. The standard InChI is InChI=1S/C16H20N2O/c17-9-10-19-15-4-2-1-3-13(15)11-18-12-16(7-8-16)14-5-6-14/h1-4,14,18H,5-8,10-12H2. The van der Waals surface area contributed by atoms with E-state index in [-0.39, 0.29) is 6.61 Å². The van der Waals surface area contributed by atoms with Crippen LogP contribution in [0.2, 0.25) is 0 Å². The number of rotatable bonds is 7. The van der Waals surface area contributed by atoms with Crippen LogP contribution in [-0.2, 0) is 6.54 Å². The number of ether oxygens (including phenoxy) is 1. The Labute approximate surface area is 114 Å². The van der Waals surface area contributed by atoms with Crippen molar-refractivity contribution in [3.8, 4) is 11.8 Å². The van der Waals surface area contributed by atoms with Crippen molar-refractivity contribution in [1.29, 1.82) is 5.26 Å². The van der Waals surface area contributed by atoms with E-state index in [0.717, 1.165) is 30.3 Å². The van der Waals surface area contributed by atoms with Crippen molar-refractivity contribution < 1.29 is 4.74 Å². The zero-order chi connectivity index (χ0) is 13.1. The predicted molar refractivity (Wildman–Crippen MR) is 73.6 cm³/mol. The van der Waals surface area contributed by atoms with E-state index >= 15 is 0 Å². The van der Waals surface area contributed by atoms with E-state index < -0.39 is 0 Å². The molecule has 3 nitrogen and oxygen atoms in total. The summed E-state index contributed by atoms with van der Waals surface area (Å²) in [5.41, 5.74) is 1.77. The van der Waals surface area contributed by atoms with E-state index in [1.807, 2.05) is 24.3 Å². The van der Waals surface area contributed by atoms with E-state index in [0.29, 0.717) is 5.41 Å². The zero-order valence-corrected chi connectivity index (χ0v) is 11.2. The fourth-order valence-corrected chi connectivity index (χ4v) is 2.93. The van der Waals surface area contributed by atoms with Crippen molar-refractivity contribution in [3.63, 3.8) is 0 Å². The van der Waals surface area contributed by atoms with Gasteiger partial charge in [0.05, 0.1) is 0 Å². The van der Waals surface area contributed by atoms with Crippen molar-refractivity contribution in [1.82, 2.24) is 5.32 Å². The normalized spacial score (nSPS) is 19.7. The average Bonchev–Trinajstić information content (AvgIpc) is 3.29. The lowest BCUT2D eigenvalue weighted by molar-refractivity contribution is 0.359. The fraction of sp³-hybridized carbons (Fsp3) is 0.562. The van der Waals surface area contributed by atoms with E-state index in [1.165, 1.54) is 25.7 Å². The van der Waals surface area contributed by atoms with Gasteiger partial charge < -0.3 is 10.1 Å². The number of nitriles is 1. The fourth-order valence-electron chi connectivity index (χ4n) is 2.93. The van der Waals surface area contributed by atoms with Crippen LogP contribution in [0.3, 0.4) is 0 Å². The maximum atomic E-state index is 8.59. The molecule has 0 bridgehead atoms. The minimum atomic E-state index is 0.114. The van der Waals surface area contributed by atoms with Crippen molar-refractivity contribution in [2.75, 3.05) is 13.2 Å². The van der Waals surface area contributed by atoms with Crippen LogP contribution in [0, 0.1) is 22.7 Å². The third-order valence-electron chi connectivity index (χ3n) is 4.39. The lowest BCUT2D eigenvalue weighted by Crippen LogP contribution is -2.25. The van der Waals surface area contributed by atoms with E-state index in [1.54, 1.807) is 0 Å². The highest BCUT2D eigenvalue weighted by molar-refractivity contribution is 5.33. The van der Waals surface area contributed by atoms with Crippen LogP contribution in [0.5, 0.6) is 5.75 Å². The average molecular weight is 256 g/mol. The van der Waals surface area contributed by atoms with Crippen LogP contribution in [0.1, 0.15) is 31.2 Å². The Morgan fingerprint density at radius 1 is 1.32 bits per heavy atom. The summed E-state index contributed by atoms with van der Waals surface area (Å²) in [6, 6.07) is 9.98. The number of hydrogen-bond acceptors (Lipinski definition) is 3. The molecule has 2 saturated carbocycles. The van der Waals surface area contributed by atoms with Gasteiger partial charge in [-0.2, -0.15) is 5.26 Å². The molecule has 0 aliphatic heterocycles. The van der Waals surface area contributed by atoms with Gasteiger partial charge in [0.15, 0.2) is 6.61 Å². The molecular weight excluding hydrogens is 236 g/mol. The summed E-state index contributed by atoms with van der Waals surface area (Å²) in [6.07, 6.45) is 5.67. The van der Waals surface area contributed by atoms with Gasteiger partial charge in [0.25, 0.3) is 0 Å². The van der Waals surface area contributed by atoms with Gasteiger partial charge in [0.2, 0.25) is 0 Å². The second kappa shape index (κ2) is 5.22. The maximum absolute atomic E-state index is 8.59. The lowest BCUT2D eigenvalue weighted by Gasteiger charge is -2.16. The van der Waals surface area contributed by atoms with Gasteiger partial charge in [-0.3, -0.25) is 0 Å². The number of hydrogen-bond donors (Lipinski definition) is 1. The van der Waals surface area contributed by atoms with Gasteiger partial charge in [0.1, 0.15) is 11.8 Å². The second-order valence-electron chi connectivity index (χ2n) is 5.79. The van der Waals surface area contributed by atoms with Crippen molar-refractivity contribution in [2.45, 2.75) is 32.2 Å².